The van der Waals surface area contributed by atoms with Crippen molar-refractivity contribution in [3.05, 3.63) is 70.3 Å². The summed E-state index contributed by atoms with van der Waals surface area (Å²) in [5, 5.41) is 0. The van der Waals surface area contributed by atoms with E-state index in [0.717, 1.165) is 24.2 Å². The van der Waals surface area contributed by atoms with Gasteiger partial charge in [-0.3, -0.25) is 0 Å². The zero-order valence-electron chi connectivity index (χ0n) is 12.5. The lowest BCUT2D eigenvalue weighted by atomic mass is 9.95. The quantitative estimate of drug-likeness (QED) is 0.901. The minimum atomic E-state index is -0.0641. The maximum atomic E-state index is 6.36. The predicted octanol–water partition coefficient (Wildman–Crippen LogP) is 3.54. The summed E-state index contributed by atoms with van der Waals surface area (Å²) in [6, 6.07) is 14.9. The molecule has 0 aliphatic heterocycles. The lowest BCUT2D eigenvalue weighted by Crippen LogP contribution is -2.12. The summed E-state index contributed by atoms with van der Waals surface area (Å²) < 4.78 is 5.09. The molecule has 2 heteroatoms. The van der Waals surface area contributed by atoms with E-state index in [0.29, 0.717) is 0 Å². The number of methoxy groups -OCH3 is 1. The molecule has 0 radical (unpaired) electrons. The van der Waals surface area contributed by atoms with Crippen LogP contribution in [-0.2, 0) is 11.2 Å². The highest BCUT2D eigenvalue weighted by molar-refractivity contribution is 5.37. The van der Waals surface area contributed by atoms with Gasteiger partial charge in [0.05, 0.1) is 12.6 Å². The molecule has 2 N–H and O–H groups in total. The Morgan fingerprint density at radius 1 is 0.950 bits per heavy atom. The lowest BCUT2D eigenvalue weighted by Gasteiger charge is -2.15. The number of hydrogen-bond acceptors (Lipinski definition) is 2. The smallest absolute Gasteiger partial charge is 0.0551 e. The third-order valence-electron chi connectivity index (χ3n) is 3.82. The Kier molecular flexibility index (Phi) is 4.94. The van der Waals surface area contributed by atoms with Crippen LogP contribution in [0.25, 0.3) is 0 Å². The van der Waals surface area contributed by atoms with Crippen LogP contribution in [-0.4, -0.2) is 13.7 Å². The van der Waals surface area contributed by atoms with E-state index in [1.165, 1.54) is 16.7 Å². The third-order valence-corrected chi connectivity index (χ3v) is 3.82. The Balaban J connectivity index is 2.15. The summed E-state index contributed by atoms with van der Waals surface area (Å²) in [5.41, 5.74) is 12.5. The van der Waals surface area contributed by atoms with Crippen molar-refractivity contribution in [3.63, 3.8) is 0 Å². The van der Waals surface area contributed by atoms with Crippen molar-refractivity contribution >= 4 is 0 Å². The van der Waals surface area contributed by atoms with Crippen LogP contribution in [0.3, 0.4) is 0 Å². The van der Waals surface area contributed by atoms with Gasteiger partial charge in [-0.1, -0.05) is 42.5 Å². The van der Waals surface area contributed by atoms with Crippen LogP contribution in [0.2, 0.25) is 0 Å². The van der Waals surface area contributed by atoms with E-state index in [-0.39, 0.29) is 6.04 Å². The molecule has 0 saturated heterocycles. The molecule has 0 heterocycles. The second-order valence-corrected chi connectivity index (χ2v) is 5.31. The molecular formula is C18H23NO. The number of benzene rings is 2. The van der Waals surface area contributed by atoms with Gasteiger partial charge in [0.15, 0.2) is 0 Å². The Hall–Kier alpha value is -1.64. The van der Waals surface area contributed by atoms with E-state index in [1.54, 1.807) is 7.11 Å². The molecule has 0 aromatic heterocycles. The standard InChI is InChI=1S/C18H23NO/c1-13-4-7-17(12-14(13)2)18(19)16-8-5-15(6-9-16)10-11-20-3/h4-9,12,18H,10-11,19H2,1-3H3. The number of aryl methyl sites for hydroxylation is 2. The maximum absolute atomic E-state index is 6.36. The van der Waals surface area contributed by atoms with E-state index in [9.17, 15) is 0 Å². The average Bonchev–Trinajstić information content (AvgIpc) is 2.48. The summed E-state index contributed by atoms with van der Waals surface area (Å²) >= 11 is 0. The highest BCUT2D eigenvalue weighted by atomic mass is 16.5. The van der Waals surface area contributed by atoms with Gasteiger partial charge in [-0.15, -0.1) is 0 Å². The van der Waals surface area contributed by atoms with Crippen LogP contribution >= 0.6 is 0 Å². The lowest BCUT2D eigenvalue weighted by molar-refractivity contribution is 0.202. The van der Waals surface area contributed by atoms with Crippen molar-refractivity contribution in [2.24, 2.45) is 5.73 Å². The molecule has 2 rings (SSSR count). The molecule has 0 aliphatic carbocycles. The minimum Gasteiger partial charge on any atom is -0.384 e. The second-order valence-electron chi connectivity index (χ2n) is 5.31. The zero-order chi connectivity index (χ0) is 14.5. The van der Waals surface area contributed by atoms with E-state index in [2.05, 4.69) is 56.3 Å². The minimum absolute atomic E-state index is 0.0641. The maximum Gasteiger partial charge on any atom is 0.0551 e. The summed E-state index contributed by atoms with van der Waals surface area (Å²) in [4.78, 5) is 0. The molecule has 1 unspecified atom stereocenters. The molecule has 0 bridgehead atoms. The van der Waals surface area contributed by atoms with Gasteiger partial charge in [-0.25, -0.2) is 0 Å². The zero-order valence-corrected chi connectivity index (χ0v) is 12.5. The Labute approximate surface area is 121 Å². The largest absolute Gasteiger partial charge is 0.384 e. The van der Waals surface area contributed by atoms with E-state index in [4.69, 9.17) is 10.5 Å². The first-order valence-electron chi connectivity index (χ1n) is 7.02. The van der Waals surface area contributed by atoms with Gasteiger partial charge < -0.3 is 10.5 Å². The van der Waals surface area contributed by atoms with Crippen molar-refractivity contribution in [1.29, 1.82) is 0 Å². The molecule has 0 spiro atoms. The van der Waals surface area contributed by atoms with Crippen molar-refractivity contribution in [1.82, 2.24) is 0 Å². The topological polar surface area (TPSA) is 35.2 Å². The van der Waals surface area contributed by atoms with Crippen LogP contribution in [0.1, 0.15) is 33.9 Å². The molecular weight excluding hydrogens is 246 g/mol. The van der Waals surface area contributed by atoms with Crippen LogP contribution in [0.5, 0.6) is 0 Å². The highest BCUT2D eigenvalue weighted by Crippen LogP contribution is 2.22. The number of nitrogens with two attached hydrogens (primary N) is 1. The van der Waals surface area contributed by atoms with Crippen LogP contribution in [0.15, 0.2) is 42.5 Å². The molecule has 2 nitrogen and oxygen atoms in total. The number of ether oxygens (including phenoxy) is 1. The second kappa shape index (κ2) is 6.69. The fourth-order valence-electron chi connectivity index (χ4n) is 2.26. The van der Waals surface area contributed by atoms with Gasteiger partial charge in [-0.2, -0.15) is 0 Å². The van der Waals surface area contributed by atoms with E-state index >= 15 is 0 Å². The highest BCUT2D eigenvalue weighted by Gasteiger charge is 2.09. The first kappa shape index (κ1) is 14.8. The van der Waals surface area contributed by atoms with Crippen molar-refractivity contribution < 1.29 is 4.74 Å². The van der Waals surface area contributed by atoms with Crippen LogP contribution in [0.4, 0.5) is 0 Å². The van der Waals surface area contributed by atoms with Gasteiger partial charge in [-0.05, 0) is 48.1 Å². The van der Waals surface area contributed by atoms with E-state index in [1.807, 2.05) is 0 Å². The van der Waals surface area contributed by atoms with Crippen LogP contribution < -0.4 is 5.73 Å². The monoisotopic (exact) mass is 269 g/mol. The van der Waals surface area contributed by atoms with Gasteiger partial charge in [0.2, 0.25) is 0 Å². The molecule has 106 valence electrons. The molecule has 2 aromatic carbocycles. The molecule has 0 aliphatic rings. The molecule has 2 aromatic rings. The summed E-state index contributed by atoms with van der Waals surface area (Å²) in [6.45, 7) is 5.00. The Morgan fingerprint density at radius 3 is 2.20 bits per heavy atom. The molecule has 0 fully saturated rings. The summed E-state index contributed by atoms with van der Waals surface area (Å²) in [7, 11) is 1.73. The van der Waals surface area contributed by atoms with Crippen LogP contribution in [0, 0.1) is 13.8 Å². The summed E-state index contributed by atoms with van der Waals surface area (Å²) in [5.74, 6) is 0. The predicted molar refractivity (Wildman–Crippen MR) is 84.0 cm³/mol. The average molecular weight is 269 g/mol. The fraction of sp³-hybridized carbons (Fsp3) is 0.333. The molecule has 1 atom stereocenters. The van der Waals surface area contributed by atoms with Gasteiger partial charge in [0, 0.05) is 7.11 Å². The van der Waals surface area contributed by atoms with Crippen molar-refractivity contribution in [3.8, 4) is 0 Å². The Morgan fingerprint density at radius 2 is 1.60 bits per heavy atom. The van der Waals surface area contributed by atoms with Crippen molar-refractivity contribution in [2.45, 2.75) is 26.3 Å². The van der Waals surface area contributed by atoms with Crippen molar-refractivity contribution in [2.75, 3.05) is 13.7 Å². The molecule has 0 amide bonds. The fourth-order valence-corrected chi connectivity index (χ4v) is 2.26. The van der Waals surface area contributed by atoms with Gasteiger partial charge in [0.25, 0.3) is 0 Å². The Bertz CT molecular complexity index is 560. The van der Waals surface area contributed by atoms with Gasteiger partial charge >= 0.3 is 0 Å². The first-order valence-corrected chi connectivity index (χ1v) is 7.02. The SMILES string of the molecule is COCCc1ccc(C(N)c2ccc(C)c(C)c2)cc1. The summed E-state index contributed by atoms with van der Waals surface area (Å²) in [6.07, 6.45) is 0.940. The number of rotatable bonds is 5. The normalized spacial score (nSPS) is 12.4. The third kappa shape index (κ3) is 3.47. The molecule has 20 heavy (non-hydrogen) atoms. The first-order chi connectivity index (χ1) is 9.61. The molecule has 0 saturated carbocycles. The van der Waals surface area contributed by atoms with E-state index < -0.39 is 0 Å². The number of hydrogen-bond donors (Lipinski definition) is 1. The van der Waals surface area contributed by atoms with Gasteiger partial charge in [0.1, 0.15) is 0 Å².